The third-order valence-corrected chi connectivity index (χ3v) is 7.13. The SMILES string of the molecule is Cc1ccccc1C(=O)Nc1cccc(SC(C(=O)Nc2ccc3c(c2)OCCO3)c2ccccc2)c1. The van der Waals surface area contributed by atoms with Crippen LogP contribution in [0.2, 0.25) is 0 Å². The van der Waals surface area contributed by atoms with Crippen LogP contribution in [0.5, 0.6) is 11.5 Å². The number of ether oxygens (including phenoxy) is 2. The predicted octanol–water partition coefficient (Wildman–Crippen LogP) is 6.49. The van der Waals surface area contributed by atoms with Crippen LogP contribution in [0.15, 0.2) is 102 Å². The molecule has 4 aromatic carbocycles. The van der Waals surface area contributed by atoms with Crippen molar-refractivity contribution in [1.29, 1.82) is 0 Å². The lowest BCUT2D eigenvalue weighted by Gasteiger charge is -2.20. The molecule has 5 rings (SSSR count). The van der Waals surface area contributed by atoms with Gasteiger partial charge in [-0.15, -0.1) is 11.8 Å². The number of carbonyl (C=O) groups is 2. The highest BCUT2D eigenvalue weighted by Crippen LogP contribution is 2.38. The highest BCUT2D eigenvalue weighted by Gasteiger charge is 2.23. The van der Waals surface area contributed by atoms with Crippen LogP contribution in [0.4, 0.5) is 11.4 Å². The van der Waals surface area contributed by atoms with Gasteiger partial charge in [0.25, 0.3) is 5.91 Å². The van der Waals surface area contributed by atoms with Crippen molar-refractivity contribution in [2.45, 2.75) is 17.1 Å². The maximum atomic E-state index is 13.5. The lowest BCUT2D eigenvalue weighted by molar-refractivity contribution is -0.115. The highest BCUT2D eigenvalue weighted by atomic mass is 32.2. The predicted molar refractivity (Wildman–Crippen MR) is 147 cm³/mol. The van der Waals surface area contributed by atoms with Crippen LogP contribution in [0.3, 0.4) is 0 Å². The van der Waals surface area contributed by atoms with Gasteiger partial charge >= 0.3 is 0 Å². The summed E-state index contributed by atoms with van der Waals surface area (Å²) in [4.78, 5) is 27.2. The average Bonchev–Trinajstić information content (AvgIpc) is 2.92. The summed E-state index contributed by atoms with van der Waals surface area (Å²) in [6, 6.07) is 30.0. The van der Waals surface area contributed by atoms with Crippen LogP contribution >= 0.6 is 11.8 Å². The summed E-state index contributed by atoms with van der Waals surface area (Å²) in [7, 11) is 0. The molecular formula is C30H26N2O4S. The molecule has 1 unspecified atom stereocenters. The minimum absolute atomic E-state index is 0.165. The van der Waals surface area contributed by atoms with Crippen molar-refractivity contribution >= 4 is 35.0 Å². The molecule has 0 radical (unpaired) electrons. The van der Waals surface area contributed by atoms with Crippen molar-refractivity contribution in [3.05, 3.63) is 114 Å². The van der Waals surface area contributed by atoms with E-state index in [0.717, 1.165) is 16.0 Å². The van der Waals surface area contributed by atoms with Crippen LogP contribution in [0.1, 0.15) is 26.7 Å². The number of aryl methyl sites for hydroxylation is 1. The lowest BCUT2D eigenvalue weighted by atomic mass is 10.1. The third kappa shape index (κ3) is 5.95. The van der Waals surface area contributed by atoms with E-state index in [9.17, 15) is 9.59 Å². The van der Waals surface area contributed by atoms with E-state index in [1.165, 1.54) is 11.8 Å². The molecule has 1 heterocycles. The largest absolute Gasteiger partial charge is 0.486 e. The summed E-state index contributed by atoms with van der Waals surface area (Å²) >= 11 is 1.42. The maximum absolute atomic E-state index is 13.5. The summed E-state index contributed by atoms with van der Waals surface area (Å²) in [6.45, 7) is 2.89. The van der Waals surface area contributed by atoms with E-state index in [4.69, 9.17) is 9.47 Å². The second-order valence-electron chi connectivity index (χ2n) is 8.55. The Morgan fingerprint density at radius 3 is 2.30 bits per heavy atom. The van der Waals surface area contributed by atoms with E-state index in [2.05, 4.69) is 10.6 Å². The molecule has 7 heteroatoms. The first kappa shape index (κ1) is 24.5. The molecule has 1 aliphatic rings. The molecule has 186 valence electrons. The summed E-state index contributed by atoms with van der Waals surface area (Å²) in [5.41, 5.74) is 3.70. The van der Waals surface area contributed by atoms with Crippen molar-refractivity contribution in [3.63, 3.8) is 0 Å². The Hall–Kier alpha value is -4.23. The van der Waals surface area contributed by atoms with E-state index in [1.54, 1.807) is 24.3 Å². The van der Waals surface area contributed by atoms with Crippen molar-refractivity contribution in [2.75, 3.05) is 23.8 Å². The number of amides is 2. The maximum Gasteiger partial charge on any atom is 0.255 e. The van der Waals surface area contributed by atoms with Gasteiger partial charge in [-0.3, -0.25) is 9.59 Å². The van der Waals surface area contributed by atoms with Crippen molar-refractivity contribution in [2.24, 2.45) is 0 Å². The average molecular weight is 511 g/mol. The molecule has 1 aliphatic heterocycles. The topological polar surface area (TPSA) is 76.7 Å². The summed E-state index contributed by atoms with van der Waals surface area (Å²) < 4.78 is 11.2. The van der Waals surface area contributed by atoms with Gasteiger partial charge in [-0.2, -0.15) is 0 Å². The van der Waals surface area contributed by atoms with Crippen LogP contribution in [-0.4, -0.2) is 25.0 Å². The fourth-order valence-electron chi connectivity index (χ4n) is 4.04. The molecule has 0 saturated heterocycles. The fourth-order valence-corrected chi connectivity index (χ4v) is 5.12. The lowest BCUT2D eigenvalue weighted by Crippen LogP contribution is -2.20. The Labute approximate surface area is 220 Å². The van der Waals surface area contributed by atoms with Crippen molar-refractivity contribution in [3.8, 4) is 11.5 Å². The molecule has 2 amide bonds. The summed E-state index contributed by atoms with van der Waals surface area (Å²) in [5, 5.41) is 5.48. The van der Waals surface area contributed by atoms with Gasteiger partial charge < -0.3 is 20.1 Å². The zero-order chi connectivity index (χ0) is 25.6. The van der Waals surface area contributed by atoms with Crippen LogP contribution in [0.25, 0.3) is 0 Å². The van der Waals surface area contributed by atoms with Gasteiger partial charge in [-0.1, -0.05) is 54.6 Å². The third-order valence-electron chi connectivity index (χ3n) is 5.89. The first-order valence-corrected chi connectivity index (χ1v) is 12.8. The number of rotatable bonds is 7. The number of hydrogen-bond donors (Lipinski definition) is 2. The molecule has 0 fully saturated rings. The number of anilines is 2. The van der Waals surface area contributed by atoms with Gasteiger partial charge in [0.1, 0.15) is 18.5 Å². The molecule has 0 aliphatic carbocycles. The smallest absolute Gasteiger partial charge is 0.255 e. The Balaban J connectivity index is 1.35. The molecule has 37 heavy (non-hydrogen) atoms. The second kappa shape index (κ2) is 11.2. The van der Waals surface area contributed by atoms with Gasteiger partial charge in [-0.05, 0) is 54.4 Å². The van der Waals surface area contributed by atoms with E-state index in [1.807, 2.05) is 79.7 Å². The molecule has 6 nitrogen and oxygen atoms in total. The number of benzene rings is 4. The molecule has 0 bridgehead atoms. The molecule has 4 aromatic rings. The molecule has 0 aromatic heterocycles. The van der Waals surface area contributed by atoms with Gasteiger partial charge in [0.05, 0.1) is 0 Å². The zero-order valence-corrected chi connectivity index (χ0v) is 21.1. The normalized spacial score (nSPS) is 12.9. The van der Waals surface area contributed by atoms with Crippen molar-refractivity contribution in [1.82, 2.24) is 0 Å². The number of hydrogen-bond acceptors (Lipinski definition) is 5. The van der Waals surface area contributed by atoms with E-state index >= 15 is 0 Å². The first-order chi connectivity index (χ1) is 18.1. The molecule has 0 saturated carbocycles. The Morgan fingerprint density at radius 1 is 0.757 bits per heavy atom. The minimum atomic E-state index is -0.517. The monoisotopic (exact) mass is 510 g/mol. The van der Waals surface area contributed by atoms with Gasteiger partial charge in [0, 0.05) is 27.9 Å². The standard InChI is InChI=1S/C30H26N2O4S/c1-20-8-5-6-13-25(20)29(33)31-22-11-7-12-24(18-22)37-28(21-9-3-2-4-10-21)30(34)32-23-14-15-26-27(19-23)36-17-16-35-26/h2-15,18-19,28H,16-17H2,1H3,(H,31,33)(H,32,34). The molecular weight excluding hydrogens is 484 g/mol. The Morgan fingerprint density at radius 2 is 1.49 bits per heavy atom. The van der Waals surface area contributed by atoms with Gasteiger partial charge in [-0.25, -0.2) is 0 Å². The van der Waals surface area contributed by atoms with E-state index in [-0.39, 0.29) is 11.8 Å². The number of fused-ring (bicyclic) bond motifs is 1. The van der Waals surface area contributed by atoms with E-state index in [0.29, 0.717) is 41.7 Å². The quantitative estimate of drug-likeness (QED) is 0.278. The van der Waals surface area contributed by atoms with Gasteiger partial charge in [0.2, 0.25) is 5.91 Å². The molecule has 1 atom stereocenters. The van der Waals surface area contributed by atoms with Crippen LogP contribution < -0.4 is 20.1 Å². The van der Waals surface area contributed by atoms with Gasteiger partial charge in [0.15, 0.2) is 11.5 Å². The first-order valence-electron chi connectivity index (χ1n) is 12.0. The Kier molecular flexibility index (Phi) is 7.42. The zero-order valence-electron chi connectivity index (χ0n) is 20.3. The minimum Gasteiger partial charge on any atom is -0.486 e. The number of nitrogens with one attached hydrogen (secondary N) is 2. The van der Waals surface area contributed by atoms with Crippen LogP contribution in [0, 0.1) is 6.92 Å². The highest BCUT2D eigenvalue weighted by molar-refractivity contribution is 8.00. The molecule has 0 spiro atoms. The summed E-state index contributed by atoms with van der Waals surface area (Å²) in [5.74, 6) is 0.950. The number of thioether (sulfide) groups is 1. The molecule has 2 N–H and O–H groups in total. The van der Waals surface area contributed by atoms with E-state index < -0.39 is 5.25 Å². The number of carbonyl (C=O) groups excluding carboxylic acids is 2. The second-order valence-corrected chi connectivity index (χ2v) is 9.73. The fraction of sp³-hybridized carbons (Fsp3) is 0.133. The Bertz CT molecular complexity index is 1420. The van der Waals surface area contributed by atoms with Crippen LogP contribution in [-0.2, 0) is 4.79 Å². The summed E-state index contributed by atoms with van der Waals surface area (Å²) in [6.07, 6.45) is 0. The van der Waals surface area contributed by atoms with Crippen molar-refractivity contribution < 1.29 is 19.1 Å².